The lowest BCUT2D eigenvalue weighted by molar-refractivity contribution is -0.343. The highest BCUT2D eigenvalue weighted by atomic mass is 31.1. The maximum atomic E-state index is 7.89. The first-order valence-corrected chi connectivity index (χ1v) is 23.7. The Balaban J connectivity index is 1.18. The first kappa shape index (κ1) is 36.9. The fraction of sp³-hybridized carbons (Fsp3) is 0.721. The van der Waals surface area contributed by atoms with Gasteiger partial charge in [0.25, 0.3) is 0 Å². The molecule has 6 aliphatic rings. The van der Waals surface area contributed by atoms with Crippen LogP contribution < -0.4 is 4.74 Å². The van der Waals surface area contributed by atoms with Gasteiger partial charge in [0.05, 0.1) is 6.61 Å². The molecule has 2 saturated heterocycles. The summed E-state index contributed by atoms with van der Waals surface area (Å²) in [6.45, 7) is 0.441. The Bertz CT molecular complexity index is 1260. The zero-order chi connectivity index (χ0) is 34.2. The highest BCUT2D eigenvalue weighted by Gasteiger charge is 2.55. The van der Waals surface area contributed by atoms with Crippen molar-refractivity contribution < 1.29 is 28.0 Å². The van der Waals surface area contributed by atoms with Crippen molar-refractivity contribution in [3.8, 4) is 5.75 Å². The Labute approximate surface area is 310 Å². The minimum atomic E-state index is -0.701. The molecule has 0 amide bonds. The summed E-state index contributed by atoms with van der Waals surface area (Å²) in [7, 11) is -1.39. The van der Waals surface area contributed by atoms with Crippen molar-refractivity contribution in [1.29, 1.82) is 0 Å². The van der Waals surface area contributed by atoms with Crippen LogP contribution in [0.5, 0.6) is 5.75 Å². The molecule has 2 aromatic rings. The predicted molar refractivity (Wildman–Crippen MR) is 207 cm³/mol. The monoisotopic (exact) mass is 736 g/mol. The van der Waals surface area contributed by atoms with Crippen LogP contribution >= 0.6 is 16.3 Å². The third-order valence-electron chi connectivity index (χ3n) is 12.6. The Morgan fingerprint density at radius 1 is 0.490 bits per heavy atom. The average molecular weight is 737 g/mol. The Morgan fingerprint density at radius 3 is 1.43 bits per heavy atom. The SMILES string of the molecule is c1ccc(O[C@@H]2O[C@@H]3COC(c4ccccc4)O[C@H]3[C@H](OP(C3CCCCC3)C3CCCCC3)[C@H]2OP(C2CCCCC2)C2CCCCC2)cc1. The molecule has 0 bridgehead atoms. The lowest BCUT2D eigenvalue weighted by Gasteiger charge is -2.52. The summed E-state index contributed by atoms with van der Waals surface area (Å²) in [5, 5.41) is 0. The molecule has 6 atom stereocenters. The summed E-state index contributed by atoms with van der Waals surface area (Å²) in [5.74, 6) is 0.814. The number of rotatable bonds is 11. The van der Waals surface area contributed by atoms with Crippen LogP contribution in [0.15, 0.2) is 60.7 Å². The number of hydrogen-bond donors (Lipinski definition) is 0. The number of ether oxygens (including phenoxy) is 4. The molecular weight excluding hydrogens is 674 g/mol. The molecule has 280 valence electrons. The lowest BCUT2D eigenvalue weighted by atomic mass is 9.98. The van der Waals surface area contributed by atoms with E-state index >= 15 is 0 Å². The quantitative estimate of drug-likeness (QED) is 0.214. The standard InChI is InChI=1S/C43H62O6P2/c1-7-19-32(20-8-1)42-44-31-38-39(47-42)40(48-50(34-23-11-3-12-24-34)35-25-13-4-14-26-35)41(43(46-38)45-33-21-9-2-10-22-33)49-51(36-27-15-5-16-28-36)37-29-17-6-18-30-37/h1-2,7-10,19-22,34-43H,3-6,11-18,23-31H2/t38-,39-,40+,41-,42?,43-/m1/s1. The first-order valence-electron chi connectivity index (χ1n) is 20.9. The molecule has 0 N–H and O–H groups in total. The van der Waals surface area contributed by atoms with Crippen LogP contribution in [0.2, 0.25) is 0 Å². The van der Waals surface area contributed by atoms with Gasteiger partial charge in [-0.15, -0.1) is 0 Å². The van der Waals surface area contributed by atoms with Gasteiger partial charge in [-0.25, -0.2) is 0 Å². The molecule has 0 radical (unpaired) electrons. The molecule has 4 saturated carbocycles. The van der Waals surface area contributed by atoms with Crippen LogP contribution in [0.4, 0.5) is 0 Å². The van der Waals surface area contributed by atoms with Gasteiger partial charge in [-0.05, 0) is 63.5 Å². The summed E-state index contributed by atoms with van der Waals surface area (Å²) in [6, 6.07) is 20.7. The average Bonchev–Trinajstić information content (AvgIpc) is 3.21. The minimum Gasteiger partial charge on any atom is -0.462 e. The molecule has 2 aromatic carbocycles. The van der Waals surface area contributed by atoms with Gasteiger partial charge in [-0.2, -0.15) is 0 Å². The highest BCUT2D eigenvalue weighted by molar-refractivity contribution is 7.54. The summed E-state index contributed by atoms with van der Waals surface area (Å²) < 4.78 is 43.1. The van der Waals surface area contributed by atoms with E-state index in [1.165, 1.54) is 128 Å². The smallest absolute Gasteiger partial charge is 0.229 e. The van der Waals surface area contributed by atoms with Crippen molar-refractivity contribution in [2.45, 2.75) is 188 Å². The summed E-state index contributed by atoms with van der Waals surface area (Å²) in [5.41, 5.74) is 3.62. The third-order valence-corrected chi connectivity index (χ3v) is 18.5. The van der Waals surface area contributed by atoms with Crippen molar-refractivity contribution in [2.24, 2.45) is 0 Å². The second-order valence-corrected chi connectivity index (χ2v) is 21.0. The molecule has 8 rings (SSSR count). The van der Waals surface area contributed by atoms with Gasteiger partial charge in [0.1, 0.15) is 24.1 Å². The molecule has 2 heterocycles. The second kappa shape index (κ2) is 18.5. The van der Waals surface area contributed by atoms with Crippen LogP contribution in [0.25, 0.3) is 0 Å². The normalized spacial score (nSPS) is 32.2. The van der Waals surface area contributed by atoms with Crippen molar-refractivity contribution in [1.82, 2.24) is 0 Å². The second-order valence-electron chi connectivity index (χ2n) is 16.2. The maximum Gasteiger partial charge on any atom is 0.229 e. The minimum absolute atomic E-state index is 0.278. The summed E-state index contributed by atoms with van der Waals surface area (Å²) in [4.78, 5) is 0. The van der Waals surface area contributed by atoms with E-state index in [1.807, 2.05) is 30.3 Å². The Hall–Kier alpha value is -1.10. The molecule has 51 heavy (non-hydrogen) atoms. The van der Waals surface area contributed by atoms with Crippen molar-refractivity contribution in [3.05, 3.63) is 66.2 Å². The van der Waals surface area contributed by atoms with E-state index in [0.29, 0.717) is 29.2 Å². The molecule has 8 heteroatoms. The van der Waals surface area contributed by atoms with E-state index in [2.05, 4.69) is 30.3 Å². The van der Waals surface area contributed by atoms with Gasteiger partial charge >= 0.3 is 0 Å². The highest BCUT2D eigenvalue weighted by Crippen LogP contribution is 2.62. The molecular formula is C43H62O6P2. The predicted octanol–water partition coefficient (Wildman–Crippen LogP) is 11.8. The third kappa shape index (κ3) is 9.24. The van der Waals surface area contributed by atoms with E-state index in [4.69, 9.17) is 28.0 Å². The first-order chi connectivity index (χ1) is 25.3. The topological polar surface area (TPSA) is 55.4 Å². The van der Waals surface area contributed by atoms with Gasteiger partial charge in [-0.3, -0.25) is 0 Å². The van der Waals surface area contributed by atoms with Crippen LogP contribution in [0.1, 0.15) is 140 Å². The van der Waals surface area contributed by atoms with E-state index in [0.717, 1.165) is 11.3 Å². The molecule has 2 aliphatic heterocycles. The zero-order valence-corrected chi connectivity index (χ0v) is 32.5. The molecule has 4 aliphatic carbocycles. The van der Waals surface area contributed by atoms with E-state index in [9.17, 15) is 0 Å². The number of benzene rings is 2. The molecule has 6 fully saturated rings. The van der Waals surface area contributed by atoms with Crippen molar-refractivity contribution in [3.63, 3.8) is 0 Å². The van der Waals surface area contributed by atoms with Crippen molar-refractivity contribution >= 4 is 16.3 Å². The summed E-state index contributed by atoms with van der Waals surface area (Å²) in [6.07, 6.45) is 24.1. The molecule has 6 nitrogen and oxygen atoms in total. The van der Waals surface area contributed by atoms with Crippen LogP contribution in [-0.4, -0.2) is 59.9 Å². The van der Waals surface area contributed by atoms with Gasteiger partial charge in [0, 0.05) is 44.5 Å². The lowest BCUT2D eigenvalue weighted by Crippen LogP contribution is -2.64. The number of fused-ring (bicyclic) bond motifs is 1. The molecule has 0 spiro atoms. The van der Waals surface area contributed by atoms with Gasteiger partial charge in [0.2, 0.25) is 6.29 Å². The summed E-state index contributed by atoms with van der Waals surface area (Å²) >= 11 is 0. The van der Waals surface area contributed by atoms with Crippen molar-refractivity contribution in [2.75, 3.05) is 6.61 Å². The fourth-order valence-corrected chi connectivity index (χ4v) is 16.2. The van der Waals surface area contributed by atoms with Crippen LogP contribution in [0.3, 0.4) is 0 Å². The zero-order valence-electron chi connectivity index (χ0n) is 30.7. The molecule has 1 unspecified atom stereocenters. The van der Waals surface area contributed by atoms with Crippen LogP contribution in [-0.2, 0) is 23.3 Å². The van der Waals surface area contributed by atoms with Crippen LogP contribution in [0, 0.1) is 0 Å². The Morgan fingerprint density at radius 2 is 0.941 bits per heavy atom. The van der Waals surface area contributed by atoms with Gasteiger partial charge in [0.15, 0.2) is 12.4 Å². The van der Waals surface area contributed by atoms with Gasteiger partial charge in [-0.1, -0.05) is 126 Å². The maximum absolute atomic E-state index is 7.89. The van der Waals surface area contributed by atoms with Gasteiger partial charge < -0.3 is 28.0 Å². The fourth-order valence-electron chi connectivity index (χ4n) is 9.85. The van der Waals surface area contributed by atoms with E-state index in [-0.39, 0.29) is 24.4 Å². The molecule has 0 aromatic heterocycles. The number of para-hydroxylation sites is 1. The van der Waals surface area contributed by atoms with E-state index in [1.54, 1.807) is 0 Å². The largest absolute Gasteiger partial charge is 0.462 e. The van der Waals surface area contributed by atoms with E-state index < -0.39 is 28.9 Å². The number of hydrogen-bond acceptors (Lipinski definition) is 6. The Kier molecular flexibility index (Phi) is 13.4.